The Balaban J connectivity index is 2.44. The van der Waals surface area contributed by atoms with Crippen LogP contribution in [0, 0.1) is 6.92 Å². The van der Waals surface area contributed by atoms with Crippen molar-refractivity contribution in [2.45, 2.75) is 13.5 Å². The molecule has 1 aromatic heterocycles. The summed E-state index contributed by atoms with van der Waals surface area (Å²) >= 11 is 0. The minimum Gasteiger partial charge on any atom is -0.496 e. The average molecular weight is 230 g/mol. The first kappa shape index (κ1) is 11.5. The van der Waals surface area contributed by atoms with E-state index in [2.05, 4.69) is 10.2 Å². The second-order valence-electron chi connectivity index (χ2n) is 3.77. The number of aliphatic hydroxyl groups is 1. The second-order valence-corrected chi connectivity index (χ2v) is 3.77. The molecule has 0 unspecified atom stereocenters. The van der Waals surface area contributed by atoms with Crippen LogP contribution >= 0.6 is 0 Å². The van der Waals surface area contributed by atoms with E-state index < -0.39 is 0 Å². The van der Waals surface area contributed by atoms with E-state index in [0.717, 1.165) is 22.6 Å². The van der Waals surface area contributed by atoms with E-state index in [0.29, 0.717) is 5.69 Å². The Morgan fingerprint density at radius 1 is 1.18 bits per heavy atom. The van der Waals surface area contributed by atoms with Crippen LogP contribution < -0.4 is 4.74 Å². The highest BCUT2D eigenvalue weighted by Crippen LogP contribution is 2.28. The van der Waals surface area contributed by atoms with Crippen molar-refractivity contribution in [3.8, 4) is 17.0 Å². The van der Waals surface area contributed by atoms with Crippen LogP contribution in [0.25, 0.3) is 11.3 Å². The van der Waals surface area contributed by atoms with Gasteiger partial charge in [0.15, 0.2) is 0 Å². The van der Waals surface area contributed by atoms with Crippen LogP contribution in [0.5, 0.6) is 5.75 Å². The molecule has 0 saturated heterocycles. The molecule has 1 aromatic carbocycles. The predicted molar refractivity (Wildman–Crippen MR) is 64.7 cm³/mol. The predicted octanol–water partition coefficient (Wildman–Crippen LogP) is 1.95. The zero-order chi connectivity index (χ0) is 12.3. The number of aryl methyl sites for hydroxylation is 1. The normalized spacial score (nSPS) is 10.3. The van der Waals surface area contributed by atoms with E-state index in [-0.39, 0.29) is 6.61 Å². The number of rotatable bonds is 3. The lowest BCUT2D eigenvalue weighted by Gasteiger charge is -2.08. The molecule has 1 N–H and O–H groups in total. The topological polar surface area (TPSA) is 55.2 Å². The van der Waals surface area contributed by atoms with Gasteiger partial charge < -0.3 is 9.84 Å². The van der Waals surface area contributed by atoms with Gasteiger partial charge in [-0.2, -0.15) is 10.2 Å². The van der Waals surface area contributed by atoms with Crippen molar-refractivity contribution in [1.29, 1.82) is 0 Å². The zero-order valence-corrected chi connectivity index (χ0v) is 9.84. The van der Waals surface area contributed by atoms with Crippen molar-refractivity contribution in [2.24, 2.45) is 0 Å². The molecule has 0 aliphatic carbocycles. The van der Waals surface area contributed by atoms with Crippen LogP contribution in [-0.2, 0) is 6.61 Å². The number of benzene rings is 1. The molecule has 0 atom stereocenters. The third-order valence-electron chi connectivity index (χ3n) is 2.51. The van der Waals surface area contributed by atoms with E-state index in [1.165, 1.54) is 0 Å². The maximum absolute atomic E-state index is 8.91. The van der Waals surface area contributed by atoms with Gasteiger partial charge in [0.1, 0.15) is 5.75 Å². The number of hydrogen-bond acceptors (Lipinski definition) is 4. The Bertz CT molecular complexity index is 509. The van der Waals surface area contributed by atoms with Crippen molar-refractivity contribution in [3.05, 3.63) is 41.6 Å². The highest BCUT2D eigenvalue weighted by molar-refractivity contribution is 5.67. The highest BCUT2D eigenvalue weighted by atomic mass is 16.5. The third-order valence-corrected chi connectivity index (χ3v) is 2.51. The molecule has 0 aliphatic heterocycles. The summed E-state index contributed by atoms with van der Waals surface area (Å²) in [6.45, 7) is 1.91. The Morgan fingerprint density at radius 2 is 2.00 bits per heavy atom. The van der Waals surface area contributed by atoms with E-state index in [1.807, 2.05) is 31.2 Å². The number of aliphatic hydroxyl groups excluding tert-OH is 1. The van der Waals surface area contributed by atoms with Gasteiger partial charge in [-0.15, -0.1) is 0 Å². The Hall–Kier alpha value is -1.94. The monoisotopic (exact) mass is 230 g/mol. The molecule has 0 fully saturated rings. The second kappa shape index (κ2) is 4.93. The van der Waals surface area contributed by atoms with Crippen LogP contribution in [0.4, 0.5) is 0 Å². The van der Waals surface area contributed by atoms with Crippen LogP contribution in [0.1, 0.15) is 11.3 Å². The lowest BCUT2D eigenvalue weighted by Crippen LogP contribution is -1.96. The van der Waals surface area contributed by atoms with Crippen LogP contribution in [0.3, 0.4) is 0 Å². The summed E-state index contributed by atoms with van der Waals surface area (Å²) in [6.07, 6.45) is 0. The quantitative estimate of drug-likeness (QED) is 0.875. The summed E-state index contributed by atoms with van der Waals surface area (Å²) in [5, 5.41) is 16.9. The fourth-order valence-electron chi connectivity index (χ4n) is 1.60. The van der Waals surface area contributed by atoms with Crippen LogP contribution in [0.2, 0.25) is 0 Å². The van der Waals surface area contributed by atoms with Gasteiger partial charge in [0, 0.05) is 5.56 Å². The minimum absolute atomic E-state index is 0.0989. The van der Waals surface area contributed by atoms with E-state index in [1.54, 1.807) is 13.2 Å². The van der Waals surface area contributed by atoms with Gasteiger partial charge in [0.2, 0.25) is 0 Å². The molecule has 4 heteroatoms. The summed E-state index contributed by atoms with van der Waals surface area (Å²) < 4.78 is 5.32. The van der Waals surface area contributed by atoms with Crippen LogP contribution in [-0.4, -0.2) is 22.4 Å². The smallest absolute Gasteiger partial charge is 0.128 e. The Morgan fingerprint density at radius 3 is 2.59 bits per heavy atom. The number of hydrogen-bond donors (Lipinski definition) is 1. The molecule has 0 amide bonds. The number of methoxy groups -OCH3 is 1. The van der Waals surface area contributed by atoms with E-state index in [4.69, 9.17) is 9.84 Å². The molecule has 0 saturated carbocycles. The molecule has 0 radical (unpaired) electrons. The van der Waals surface area contributed by atoms with Crippen molar-refractivity contribution in [2.75, 3.05) is 7.11 Å². The summed E-state index contributed by atoms with van der Waals surface area (Å²) in [7, 11) is 1.63. The molecule has 88 valence electrons. The van der Waals surface area contributed by atoms with Crippen molar-refractivity contribution < 1.29 is 9.84 Å². The molecule has 0 spiro atoms. The summed E-state index contributed by atoms with van der Waals surface area (Å²) in [5.41, 5.74) is 3.32. The standard InChI is InChI=1S/C13H14N2O2/c1-9-3-5-11(13(7-9)17-2)12-6-4-10(8-16)14-15-12/h3-7,16H,8H2,1-2H3. The molecular formula is C13H14N2O2. The van der Waals surface area contributed by atoms with Crippen molar-refractivity contribution >= 4 is 0 Å². The molecule has 4 nitrogen and oxygen atoms in total. The van der Waals surface area contributed by atoms with E-state index >= 15 is 0 Å². The van der Waals surface area contributed by atoms with Crippen LogP contribution in [0.15, 0.2) is 30.3 Å². The first-order valence-electron chi connectivity index (χ1n) is 5.33. The van der Waals surface area contributed by atoms with Gasteiger partial charge in [0.05, 0.1) is 25.1 Å². The molecule has 17 heavy (non-hydrogen) atoms. The lowest BCUT2D eigenvalue weighted by atomic mass is 10.1. The highest BCUT2D eigenvalue weighted by Gasteiger charge is 2.07. The van der Waals surface area contributed by atoms with Gasteiger partial charge in [-0.3, -0.25) is 0 Å². The first-order chi connectivity index (χ1) is 8.24. The summed E-state index contributed by atoms with van der Waals surface area (Å²) in [5.74, 6) is 0.774. The fraction of sp³-hybridized carbons (Fsp3) is 0.231. The number of nitrogens with zero attached hydrogens (tertiary/aromatic N) is 2. The minimum atomic E-state index is -0.0989. The van der Waals surface area contributed by atoms with Gasteiger partial charge in [-0.1, -0.05) is 6.07 Å². The maximum atomic E-state index is 8.91. The largest absolute Gasteiger partial charge is 0.496 e. The van der Waals surface area contributed by atoms with Crippen molar-refractivity contribution in [3.63, 3.8) is 0 Å². The fourth-order valence-corrected chi connectivity index (χ4v) is 1.60. The first-order valence-corrected chi connectivity index (χ1v) is 5.33. The number of ether oxygens (including phenoxy) is 1. The van der Waals surface area contributed by atoms with Gasteiger partial charge >= 0.3 is 0 Å². The third kappa shape index (κ3) is 2.42. The number of aromatic nitrogens is 2. The Kier molecular flexibility index (Phi) is 3.35. The zero-order valence-electron chi connectivity index (χ0n) is 9.84. The SMILES string of the molecule is COc1cc(C)ccc1-c1ccc(CO)nn1. The molecular weight excluding hydrogens is 216 g/mol. The van der Waals surface area contributed by atoms with Gasteiger partial charge in [-0.05, 0) is 36.8 Å². The Labute approximate surface area is 99.9 Å². The molecule has 1 heterocycles. The lowest BCUT2D eigenvalue weighted by molar-refractivity contribution is 0.275. The van der Waals surface area contributed by atoms with Gasteiger partial charge in [-0.25, -0.2) is 0 Å². The molecule has 2 rings (SSSR count). The molecule has 2 aromatic rings. The molecule has 0 bridgehead atoms. The summed E-state index contributed by atoms with van der Waals surface area (Å²) in [4.78, 5) is 0. The summed E-state index contributed by atoms with van der Waals surface area (Å²) in [6, 6.07) is 9.49. The van der Waals surface area contributed by atoms with Gasteiger partial charge in [0.25, 0.3) is 0 Å². The van der Waals surface area contributed by atoms with E-state index in [9.17, 15) is 0 Å². The molecule has 0 aliphatic rings. The average Bonchev–Trinajstić information content (AvgIpc) is 2.39. The maximum Gasteiger partial charge on any atom is 0.128 e. The van der Waals surface area contributed by atoms with Crippen molar-refractivity contribution in [1.82, 2.24) is 10.2 Å².